The van der Waals surface area contributed by atoms with Gasteiger partial charge in [0.25, 0.3) is 5.91 Å². The lowest BCUT2D eigenvalue weighted by molar-refractivity contribution is 0.0729. The second kappa shape index (κ2) is 4.97. The Morgan fingerprint density at radius 2 is 2.21 bits per heavy atom. The summed E-state index contributed by atoms with van der Waals surface area (Å²) in [5, 5.41) is 8.56. The van der Waals surface area contributed by atoms with E-state index >= 15 is 0 Å². The minimum atomic E-state index is 0.0826. The normalized spacial score (nSPS) is 17.3. The van der Waals surface area contributed by atoms with Gasteiger partial charge in [-0.25, -0.2) is 0 Å². The van der Waals surface area contributed by atoms with Gasteiger partial charge in [0.2, 0.25) is 0 Å². The molecule has 2 N–H and O–H groups in total. The van der Waals surface area contributed by atoms with Crippen molar-refractivity contribution in [1.29, 1.82) is 0 Å². The van der Waals surface area contributed by atoms with Gasteiger partial charge >= 0.3 is 0 Å². The molecule has 5 nitrogen and oxygen atoms in total. The summed E-state index contributed by atoms with van der Waals surface area (Å²) in [6, 6.07) is 8.39. The van der Waals surface area contributed by atoms with Crippen molar-refractivity contribution in [3.8, 4) is 0 Å². The first-order valence-corrected chi connectivity index (χ1v) is 8.64. The Morgan fingerprint density at radius 1 is 1.33 bits per heavy atom. The van der Waals surface area contributed by atoms with Gasteiger partial charge in [-0.2, -0.15) is 5.10 Å². The lowest BCUT2D eigenvalue weighted by Crippen LogP contribution is -2.36. The summed E-state index contributed by atoms with van der Waals surface area (Å²) in [7, 11) is 0. The number of carbonyl (C=O) groups is 1. The molecule has 0 saturated heterocycles. The van der Waals surface area contributed by atoms with Gasteiger partial charge in [-0.3, -0.25) is 9.89 Å². The molecule has 1 amide bonds. The summed E-state index contributed by atoms with van der Waals surface area (Å²) in [5.74, 6) is 0.762. The van der Waals surface area contributed by atoms with E-state index in [1.165, 1.54) is 29.4 Å². The Balaban J connectivity index is 1.48. The molecule has 0 spiro atoms. The molecule has 3 aromatic rings. The van der Waals surface area contributed by atoms with E-state index in [2.05, 4.69) is 33.4 Å². The highest BCUT2D eigenvalue weighted by molar-refractivity contribution is 5.99. The van der Waals surface area contributed by atoms with Gasteiger partial charge in [0.1, 0.15) is 5.69 Å². The minimum Gasteiger partial charge on any atom is -0.351 e. The van der Waals surface area contributed by atoms with Crippen molar-refractivity contribution < 1.29 is 4.79 Å². The fraction of sp³-hybridized carbons (Fsp3) is 0.368. The van der Waals surface area contributed by atoms with Gasteiger partial charge in [-0.1, -0.05) is 12.1 Å². The van der Waals surface area contributed by atoms with Crippen molar-refractivity contribution in [2.75, 3.05) is 6.54 Å². The number of hydrogen-bond acceptors (Lipinski definition) is 2. The van der Waals surface area contributed by atoms with Crippen molar-refractivity contribution >= 4 is 16.8 Å². The molecular weight excluding hydrogens is 300 g/mol. The number of carbonyl (C=O) groups excluding carboxylic acids is 1. The quantitative estimate of drug-likeness (QED) is 0.761. The number of amides is 1. The number of nitrogens with zero attached hydrogens (tertiary/aromatic N) is 2. The maximum absolute atomic E-state index is 13.0. The van der Waals surface area contributed by atoms with Crippen LogP contribution in [0.25, 0.3) is 10.9 Å². The van der Waals surface area contributed by atoms with Crippen molar-refractivity contribution in [2.24, 2.45) is 0 Å². The molecule has 0 unspecified atom stereocenters. The number of benzene rings is 1. The maximum atomic E-state index is 13.0. The Labute approximate surface area is 140 Å². The molecule has 1 aliphatic carbocycles. The van der Waals surface area contributed by atoms with E-state index < -0.39 is 0 Å². The lowest BCUT2D eigenvalue weighted by atomic mass is 10.0. The summed E-state index contributed by atoms with van der Waals surface area (Å²) < 4.78 is 0. The van der Waals surface area contributed by atoms with Crippen LogP contribution in [0.5, 0.6) is 0 Å². The highest BCUT2D eigenvalue weighted by atomic mass is 16.2. The van der Waals surface area contributed by atoms with Gasteiger partial charge in [0.05, 0.1) is 5.69 Å². The third-order valence-electron chi connectivity index (χ3n) is 5.36. The van der Waals surface area contributed by atoms with Gasteiger partial charge < -0.3 is 9.88 Å². The van der Waals surface area contributed by atoms with Crippen LogP contribution in [0.4, 0.5) is 0 Å². The molecule has 122 valence electrons. The summed E-state index contributed by atoms with van der Waals surface area (Å²) in [6.07, 6.45) is 3.35. The number of aryl methyl sites for hydroxylation is 1. The Kier molecular flexibility index (Phi) is 2.86. The predicted molar refractivity (Wildman–Crippen MR) is 92.0 cm³/mol. The number of nitrogens with one attached hydrogen (secondary N) is 2. The fourth-order valence-electron chi connectivity index (χ4n) is 3.82. The molecule has 24 heavy (non-hydrogen) atoms. The first-order valence-electron chi connectivity index (χ1n) is 8.64. The molecular formula is C19H20N4O. The van der Waals surface area contributed by atoms with Crippen LogP contribution in [0, 0.1) is 6.92 Å². The highest BCUT2D eigenvalue weighted by Gasteiger charge is 2.28. The minimum absolute atomic E-state index is 0.0826. The number of fused-ring (bicyclic) bond motifs is 2. The van der Waals surface area contributed by atoms with Gasteiger partial charge in [0, 0.05) is 41.7 Å². The largest absolute Gasteiger partial charge is 0.351 e. The Morgan fingerprint density at radius 3 is 3.04 bits per heavy atom. The molecule has 0 radical (unpaired) electrons. The van der Waals surface area contributed by atoms with Crippen LogP contribution in [0.1, 0.15) is 51.8 Å². The van der Waals surface area contributed by atoms with Gasteiger partial charge in [-0.05, 0) is 43.4 Å². The third kappa shape index (κ3) is 2.08. The number of hydrogen-bond donors (Lipinski definition) is 2. The van der Waals surface area contributed by atoms with E-state index in [0.717, 1.165) is 29.9 Å². The zero-order valence-corrected chi connectivity index (χ0v) is 13.7. The van der Waals surface area contributed by atoms with Crippen LogP contribution in [-0.2, 0) is 13.0 Å². The summed E-state index contributed by atoms with van der Waals surface area (Å²) in [6.45, 7) is 3.38. The highest BCUT2D eigenvalue weighted by Crippen LogP contribution is 2.43. The molecule has 1 aliphatic heterocycles. The number of H-pyrrole nitrogens is 2. The van der Waals surface area contributed by atoms with Gasteiger partial charge in [-0.15, -0.1) is 0 Å². The number of aromatic amines is 2. The Bertz CT molecular complexity index is 948. The summed E-state index contributed by atoms with van der Waals surface area (Å²) in [4.78, 5) is 18.2. The van der Waals surface area contributed by atoms with Crippen LogP contribution in [0.2, 0.25) is 0 Å². The van der Waals surface area contributed by atoms with Gasteiger partial charge in [0.15, 0.2) is 0 Å². The van der Waals surface area contributed by atoms with E-state index in [-0.39, 0.29) is 5.91 Å². The average molecular weight is 320 g/mol. The van der Waals surface area contributed by atoms with E-state index in [9.17, 15) is 4.79 Å². The van der Waals surface area contributed by atoms with Crippen molar-refractivity contribution in [3.05, 3.63) is 52.5 Å². The second-order valence-electron chi connectivity index (χ2n) is 7.02. The second-order valence-corrected chi connectivity index (χ2v) is 7.02. The summed E-state index contributed by atoms with van der Waals surface area (Å²) >= 11 is 0. The molecule has 1 aromatic carbocycles. The van der Waals surface area contributed by atoms with Crippen LogP contribution in [0.15, 0.2) is 24.3 Å². The molecule has 2 aliphatic rings. The zero-order valence-electron chi connectivity index (χ0n) is 13.7. The third-order valence-corrected chi connectivity index (χ3v) is 5.36. The summed E-state index contributed by atoms with van der Waals surface area (Å²) in [5.41, 5.74) is 6.49. The maximum Gasteiger partial charge on any atom is 0.270 e. The molecule has 1 saturated carbocycles. The van der Waals surface area contributed by atoms with Crippen LogP contribution < -0.4 is 0 Å². The van der Waals surface area contributed by atoms with Crippen LogP contribution >= 0.6 is 0 Å². The first kappa shape index (κ1) is 13.8. The fourth-order valence-corrected chi connectivity index (χ4v) is 3.82. The molecule has 1 fully saturated rings. The van der Waals surface area contributed by atoms with Crippen LogP contribution in [0.3, 0.4) is 0 Å². The van der Waals surface area contributed by atoms with E-state index in [1.807, 2.05) is 17.9 Å². The van der Waals surface area contributed by atoms with Crippen molar-refractivity contribution in [2.45, 2.75) is 38.6 Å². The lowest BCUT2D eigenvalue weighted by Gasteiger charge is -2.26. The van der Waals surface area contributed by atoms with Crippen molar-refractivity contribution in [1.82, 2.24) is 20.1 Å². The average Bonchev–Trinajstić information content (AvgIpc) is 3.25. The van der Waals surface area contributed by atoms with E-state index in [0.29, 0.717) is 18.2 Å². The zero-order chi connectivity index (χ0) is 16.3. The van der Waals surface area contributed by atoms with Crippen LogP contribution in [-0.4, -0.2) is 32.5 Å². The molecule has 5 heteroatoms. The first-order chi connectivity index (χ1) is 11.7. The number of rotatable bonds is 2. The van der Waals surface area contributed by atoms with E-state index in [1.54, 1.807) is 0 Å². The molecule has 3 heterocycles. The smallest absolute Gasteiger partial charge is 0.270 e. The molecule has 5 rings (SSSR count). The number of aromatic nitrogens is 3. The topological polar surface area (TPSA) is 64.8 Å². The standard InChI is InChI=1S/C19H20N4O/c1-11-15-10-23(8-7-17(15)22-21-11)19(24)18-9-14-13(12-5-6-12)3-2-4-16(14)20-18/h2-4,9,12,20H,5-8,10H2,1H3,(H,21,22). The predicted octanol–water partition coefficient (Wildman–Crippen LogP) is 3.28. The molecule has 0 bridgehead atoms. The Hall–Kier alpha value is -2.56. The molecule has 0 atom stereocenters. The van der Waals surface area contributed by atoms with Crippen molar-refractivity contribution in [3.63, 3.8) is 0 Å². The monoisotopic (exact) mass is 320 g/mol. The van der Waals surface area contributed by atoms with E-state index in [4.69, 9.17) is 0 Å². The molecule has 2 aromatic heterocycles. The SMILES string of the molecule is Cc1[nH]nc2c1CN(C(=O)c1cc3c(C4CC4)cccc3[nH]1)CC2.